The smallest absolute Gasteiger partial charge is 0.307 e. The fourth-order valence-corrected chi connectivity index (χ4v) is 3.44. The van der Waals surface area contributed by atoms with Crippen LogP contribution in [-0.4, -0.2) is 38.5 Å². The Morgan fingerprint density at radius 2 is 2.00 bits per heavy atom. The van der Waals surface area contributed by atoms with Crippen LogP contribution < -0.4 is 5.73 Å². The molecule has 0 radical (unpaired) electrons. The highest BCUT2D eigenvalue weighted by Crippen LogP contribution is 2.22. The van der Waals surface area contributed by atoms with E-state index in [0.717, 1.165) is 0 Å². The number of rotatable bonds is 4. The molecule has 0 aromatic heterocycles. The van der Waals surface area contributed by atoms with E-state index in [1.807, 2.05) is 0 Å². The molecule has 1 aliphatic heterocycles. The highest BCUT2D eigenvalue weighted by Gasteiger charge is 2.28. The van der Waals surface area contributed by atoms with Crippen LogP contribution in [0, 0.1) is 5.92 Å². The summed E-state index contributed by atoms with van der Waals surface area (Å²) in [5.74, 6) is 0.193. The van der Waals surface area contributed by atoms with Gasteiger partial charge in [0.25, 0.3) is 0 Å². The van der Waals surface area contributed by atoms with E-state index in [1.165, 1.54) is 0 Å². The van der Waals surface area contributed by atoms with E-state index in [9.17, 15) is 13.2 Å². The molecule has 0 aromatic rings. The van der Waals surface area contributed by atoms with Gasteiger partial charge in [0, 0.05) is 6.04 Å². The molecule has 94 valence electrons. The molecule has 0 aromatic carbocycles. The number of esters is 1. The van der Waals surface area contributed by atoms with Crippen LogP contribution in [0.15, 0.2) is 0 Å². The first kappa shape index (κ1) is 13.4. The van der Waals surface area contributed by atoms with Crippen LogP contribution in [0.4, 0.5) is 0 Å². The summed E-state index contributed by atoms with van der Waals surface area (Å²) >= 11 is 0. The van der Waals surface area contributed by atoms with Gasteiger partial charge in [0.05, 0.1) is 24.5 Å². The van der Waals surface area contributed by atoms with Gasteiger partial charge in [0.1, 0.15) is 9.84 Å². The van der Waals surface area contributed by atoms with E-state index in [4.69, 9.17) is 10.5 Å². The van der Waals surface area contributed by atoms with Crippen molar-refractivity contribution in [1.29, 1.82) is 0 Å². The summed E-state index contributed by atoms with van der Waals surface area (Å²) in [6.45, 7) is 2.10. The Morgan fingerprint density at radius 1 is 1.44 bits per heavy atom. The molecule has 1 fully saturated rings. The maximum Gasteiger partial charge on any atom is 0.307 e. The minimum atomic E-state index is -2.86. The highest BCUT2D eigenvalue weighted by molar-refractivity contribution is 7.91. The minimum absolute atomic E-state index is 0.118. The Kier molecular flexibility index (Phi) is 4.73. The van der Waals surface area contributed by atoms with E-state index in [0.29, 0.717) is 19.4 Å². The number of carbonyl (C=O) groups is 1. The van der Waals surface area contributed by atoms with E-state index >= 15 is 0 Å². The molecule has 1 atom stereocenters. The Morgan fingerprint density at radius 3 is 2.50 bits per heavy atom. The lowest BCUT2D eigenvalue weighted by atomic mass is 9.92. The molecule has 1 saturated heterocycles. The fraction of sp³-hybridized carbons (Fsp3) is 0.900. The van der Waals surface area contributed by atoms with Crippen LogP contribution in [0.25, 0.3) is 0 Å². The van der Waals surface area contributed by atoms with Gasteiger partial charge in [0.2, 0.25) is 0 Å². The number of carbonyl (C=O) groups excluding carboxylic acids is 1. The molecule has 5 nitrogen and oxygen atoms in total. The van der Waals surface area contributed by atoms with Crippen molar-refractivity contribution in [2.45, 2.75) is 32.2 Å². The molecule has 1 aliphatic rings. The lowest BCUT2D eigenvalue weighted by Crippen LogP contribution is -2.38. The number of sulfone groups is 1. The van der Waals surface area contributed by atoms with E-state index in [1.54, 1.807) is 6.92 Å². The molecule has 1 rings (SSSR count). The molecular formula is C10H19NO4S. The molecule has 1 unspecified atom stereocenters. The third-order valence-corrected chi connectivity index (χ3v) is 4.63. The minimum Gasteiger partial charge on any atom is -0.466 e. The van der Waals surface area contributed by atoms with Crippen LogP contribution >= 0.6 is 0 Å². The maximum absolute atomic E-state index is 11.2. The lowest BCUT2D eigenvalue weighted by Gasteiger charge is -2.26. The number of hydrogen-bond donors (Lipinski definition) is 1. The molecular weight excluding hydrogens is 230 g/mol. The van der Waals surface area contributed by atoms with Crippen molar-refractivity contribution in [3.8, 4) is 0 Å². The fourth-order valence-electron chi connectivity index (χ4n) is 1.92. The van der Waals surface area contributed by atoms with Gasteiger partial charge in [0.15, 0.2) is 0 Å². The Labute approximate surface area is 96.3 Å². The van der Waals surface area contributed by atoms with Gasteiger partial charge in [-0.2, -0.15) is 0 Å². The average Bonchev–Trinajstić information content (AvgIpc) is 2.17. The Bertz CT molecular complexity index is 325. The first-order chi connectivity index (χ1) is 7.44. The zero-order chi connectivity index (χ0) is 12.2. The van der Waals surface area contributed by atoms with Crippen molar-refractivity contribution in [2.75, 3.05) is 18.1 Å². The van der Waals surface area contributed by atoms with Crippen LogP contribution in [-0.2, 0) is 19.4 Å². The van der Waals surface area contributed by atoms with Crippen molar-refractivity contribution >= 4 is 15.8 Å². The van der Waals surface area contributed by atoms with E-state index in [-0.39, 0.29) is 35.9 Å². The van der Waals surface area contributed by atoms with Gasteiger partial charge in [-0.3, -0.25) is 4.79 Å². The summed E-state index contributed by atoms with van der Waals surface area (Å²) in [5, 5.41) is 0. The molecule has 0 bridgehead atoms. The summed E-state index contributed by atoms with van der Waals surface area (Å²) in [6, 6.07) is -0.283. The molecule has 16 heavy (non-hydrogen) atoms. The molecule has 2 N–H and O–H groups in total. The third-order valence-electron chi connectivity index (χ3n) is 2.91. The van der Waals surface area contributed by atoms with E-state index in [2.05, 4.69) is 0 Å². The summed E-state index contributed by atoms with van der Waals surface area (Å²) < 4.78 is 27.2. The van der Waals surface area contributed by atoms with Gasteiger partial charge >= 0.3 is 5.97 Å². The molecule has 6 heteroatoms. The summed E-state index contributed by atoms with van der Waals surface area (Å²) in [6.07, 6.45) is 1.30. The van der Waals surface area contributed by atoms with Gasteiger partial charge in [-0.1, -0.05) is 0 Å². The van der Waals surface area contributed by atoms with Crippen molar-refractivity contribution in [3.63, 3.8) is 0 Å². The van der Waals surface area contributed by atoms with Crippen molar-refractivity contribution in [2.24, 2.45) is 11.7 Å². The second kappa shape index (κ2) is 5.63. The maximum atomic E-state index is 11.2. The number of hydrogen-bond acceptors (Lipinski definition) is 5. The van der Waals surface area contributed by atoms with Crippen molar-refractivity contribution in [1.82, 2.24) is 0 Å². The standard InChI is InChI=1S/C10H19NO4S/c1-2-15-10(12)7-9(11)8-3-5-16(13,14)6-4-8/h8-9H,2-7,11H2,1H3. The molecule has 1 heterocycles. The van der Waals surface area contributed by atoms with Crippen LogP contribution in [0.5, 0.6) is 0 Å². The van der Waals surface area contributed by atoms with Gasteiger partial charge in [-0.05, 0) is 25.7 Å². The molecule has 0 aliphatic carbocycles. The summed E-state index contributed by atoms with van der Waals surface area (Å²) in [5.41, 5.74) is 5.87. The summed E-state index contributed by atoms with van der Waals surface area (Å²) in [4.78, 5) is 11.2. The molecule has 0 saturated carbocycles. The first-order valence-corrected chi connectivity index (χ1v) is 7.38. The topological polar surface area (TPSA) is 86.5 Å². The van der Waals surface area contributed by atoms with Crippen molar-refractivity contribution in [3.05, 3.63) is 0 Å². The summed E-state index contributed by atoms with van der Waals surface area (Å²) in [7, 11) is -2.86. The predicted molar refractivity (Wildman–Crippen MR) is 60.6 cm³/mol. The first-order valence-electron chi connectivity index (χ1n) is 5.56. The second-order valence-electron chi connectivity index (χ2n) is 4.16. The quantitative estimate of drug-likeness (QED) is 0.714. The predicted octanol–water partition coefficient (Wildman–Crippen LogP) is 0.0917. The van der Waals surface area contributed by atoms with E-state index < -0.39 is 9.84 Å². The molecule has 0 amide bonds. The number of nitrogens with two attached hydrogens (primary N) is 1. The number of ether oxygens (including phenoxy) is 1. The Hall–Kier alpha value is -0.620. The third kappa shape index (κ3) is 4.09. The normalized spacial score (nSPS) is 22.6. The average molecular weight is 249 g/mol. The van der Waals surface area contributed by atoms with Crippen LogP contribution in [0.1, 0.15) is 26.2 Å². The lowest BCUT2D eigenvalue weighted by molar-refractivity contribution is -0.143. The van der Waals surface area contributed by atoms with Gasteiger partial charge in [-0.25, -0.2) is 8.42 Å². The SMILES string of the molecule is CCOC(=O)CC(N)C1CCS(=O)(=O)CC1. The monoisotopic (exact) mass is 249 g/mol. The second-order valence-corrected chi connectivity index (χ2v) is 6.47. The van der Waals surface area contributed by atoms with Gasteiger partial charge < -0.3 is 10.5 Å². The van der Waals surface area contributed by atoms with Gasteiger partial charge in [-0.15, -0.1) is 0 Å². The largest absolute Gasteiger partial charge is 0.466 e. The zero-order valence-corrected chi connectivity index (χ0v) is 10.3. The highest BCUT2D eigenvalue weighted by atomic mass is 32.2. The van der Waals surface area contributed by atoms with Crippen molar-refractivity contribution < 1.29 is 17.9 Å². The Balaban J connectivity index is 2.38. The zero-order valence-electron chi connectivity index (χ0n) is 9.52. The van der Waals surface area contributed by atoms with Crippen LogP contribution in [0.3, 0.4) is 0 Å². The van der Waals surface area contributed by atoms with Crippen LogP contribution in [0.2, 0.25) is 0 Å². The molecule has 0 spiro atoms.